The standard InChI is InChI=1S/C18H15FN4O/c19-13-4-1-11(2-5-13)16-6-3-12(9-20-16)14-7-15(14)17(24)8-18-21-10-22-23-18/h1-6,9-10,14-15H,7-8H2,(H,21,22,23). The summed E-state index contributed by atoms with van der Waals surface area (Å²) in [6.07, 6.45) is 4.36. The van der Waals surface area contributed by atoms with E-state index in [9.17, 15) is 9.18 Å². The number of H-pyrrole nitrogens is 1. The summed E-state index contributed by atoms with van der Waals surface area (Å²) < 4.78 is 13.0. The summed E-state index contributed by atoms with van der Waals surface area (Å²) in [4.78, 5) is 20.7. The van der Waals surface area contributed by atoms with Gasteiger partial charge in [-0.3, -0.25) is 14.9 Å². The van der Waals surface area contributed by atoms with Crippen LogP contribution in [0.25, 0.3) is 11.3 Å². The number of nitrogens with zero attached hydrogens (tertiary/aromatic N) is 3. The normalized spacial score (nSPS) is 19.2. The minimum absolute atomic E-state index is 0.0357. The Bertz CT molecular complexity index is 844. The third-order valence-corrected chi connectivity index (χ3v) is 4.37. The Morgan fingerprint density at radius 1 is 1.17 bits per heavy atom. The van der Waals surface area contributed by atoms with Crippen LogP contribution in [-0.2, 0) is 11.2 Å². The minimum Gasteiger partial charge on any atom is -0.299 e. The zero-order chi connectivity index (χ0) is 16.5. The second kappa shape index (κ2) is 5.96. The molecule has 2 atom stereocenters. The predicted molar refractivity (Wildman–Crippen MR) is 85.6 cm³/mol. The second-order valence-electron chi connectivity index (χ2n) is 6.01. The Hall–Kier alpha value is -2.89. The van der Waals surface area contributed by atoms with Crippen LogP contribution in [0.15, 0.2) is 48.9 Å². The number of Topliss-reactive ketones (excluding diaryl/α,β-unsaturated/α-hetero) is 1. The van der Waals surface area contributed by atoms with Crippen molar-refractivity contribution in [3.8, 4) is 11.3 Å². The summed E-state index contributed by atoms with van der Waals surface area (Å²) in [7, 11) is 0. The first kappa shape index (κ1) is 14.7. The molecule has 5 nitrogen and oxygen atoms in total. The molecule has 1 aromatic carbocycles. The largest absolute Gasteiger partial charge is 0.299 e. The van der Waals surface area contributed by atoms with Gasteiger partial charge in [0.05, 0.1) is 12.1 Å². The first-order chi connectivity index (χ1) is 11.7. The van der Waals surface area contributed by atoms with Gasteiger partial charge >= 0.3 is 0 Å². The van der Waals surface area contributed by atoms with Crippen molar-refractivity contribution in [3.05, 3.63) is 66.1 Å². The van der Waals surface area contributed by atoms with Crippen LogP contribution >= 0.6 is 0 Å². The van der Waals surface area contributed by atoms with Crippen LogP contribution in [-0.4, -0.2) is 25.9 Å². The number of pyridine rings is 1. The van der Waals surface area contributed by atoms with Crippen molar-refractivity contribution < 1.29 is 9.18 Å². The van der Waals surface area contributed by atoms with Gasteiger partial charge in [0.15, 0.2) is 0 Å². The number of halogens is 1. The molecule has 2 unspecified atom stereocenters. The molecule has 6 heteroatoms. The Kier molecular flexibility index (Phi) is 3.65. The predicted octanol–water partition coefficient (Wildman–Crippen LogP) is 2.92. The van der Waals surface area contributed by atoms with Gasteiger partial charge in [0.25, 0.3) is 0 Å². The molecule has 0 amide bonds. The van der Waals surface area contributed by atoms with Crippen LogP contribution in [0.4, 0.5) is 4.39 Å². The van der Waals surface area contributed by atoms with Crippen molar-refractivity contribution in [3.63, 3.8) is 0 Å². The lowest BCUT2D eigenvalue weighted by Crippen LogP contribution is -2.07. The molecule has 1 aliphatic carbocycles. The van der Waals surface area contributed by atoms with Crippen LogP contribution in [0.2, 0.25) is 0 Å². The first-order valence-electron chi connectivity index (χ1n) is 7.79. The molecule has 0 spiro atoms. The van der Waals surface area contributed by atoms with E-state index in [0.717, 1.165) is 23.2 Å². The molecule has 0 radical (unpaired) electrons. The number of ketones is 1. The fraction of sp³-hybridized carbons (Fsp3) is 0.222. The summed E-state index contributed by atoms with van der Waals surface area (Å²) in [5, 5.41) is 6.47. The maximum atomic E-state index is 13.0. The quantitative estimate of drug-likeness (QED) is 0.784. The molecular weight excluding hydrogens is 307 g/mol. The lowest BCUT2D eigenvalue weighted by Gasteiger charge is -2.03. The van der Waals surface area contributed by atoms with Crippen LogP contribution < -0.4 is 0 Å². The van der Waals surface area contributed by atoms with E-state index in [0.29, 0.717) is 12.2 Å². The topological polar surface area (TPSA) is 71.5 Å². The third kappa shape index (κ3) is 2.95. The fourth-order valence-corrected chi connectivity index (χ4v) is 2.95. The number of carbonyl (C=O) groups is 1. The average Bonchev–Trinajstić information content (AvgIpc) is 3.25. The summed E-state index contributed by atoms with van der Waals surface area (Å²) >= 11 is 0. The monoisotopic (exact) mass is 322 g/mol. The molecule has 0 saturated heterocycles. The number of carbonyl (C=O) groups excluding carboxylic acids is 1. The molecule has 2 aromatic heterocycles. The summed E-state index contributed by atoms with van der Waals surface area (Å²) in [5.74, 6) is 0.792. The number of aromatic nitrogens is 4. The van der Waals surface area contributed by atoms with Crippen molar-refractivity contribution in [2.75, 3.05) is 0 Å². The van der Waals surface area contributed by atoms with Crippen molar-refractivity contribution >= 4 is 5.78 Å². The van der Waals surface area contributed by atoms with Gasteiger partial charge in [0.2, 0.25) is 0 Å². The van der Waals surface area contributed by atoms with E-state index >= 15 is 0 Å². The molecule has 4 rings (SSSR count). The van der Waals surface area contributed by atoms with Gasteiger partial charge in [0.1, 0.15) is 23.8 Å². The minimum atomic E-state index is -0.263. The molecule has 0 bridgehead atoms. The van der Waals surface area contributed by atoms with E-state index in [1.165, 1.54) is 18.5 Å². The highest BCUT2D eigenvalue weighted by atomic mass is 19.1. The molecular formula is C18H15FN4O. The molecule has 0 aliphatic heterocycles. The summed E-state index contributed by atoms with van der Waals surface area (Å²) in [5.41, 5.74) is 2.73. The molecule has 1 fully saturated rings. The van der Waals surface area contributed by atoms with Crippen molar-refractivity contribution in [2.24, 2.45) is 5.92 Å². The van der Waals surface area contributed by atoms with Crippen molar-refractivity contribution in [1.29, 1.82) is 0 Å². The molecule has 3 aromatic rings. The van der Waals surface area contributed by atoms with Gasteiger partial charge in [-0.15, -0.1) is 0 Å². The van der Waals surface area contributed by atoms with E-state index in [4.69, 9.17) is 0 Å². The Labute approximate surface area is 138 Å². The molecule has 2 heterocycles. The zero-order valence-corrected chi connectivity index (χ0v) is 12.8. The highest BCUT2D eigenvalue weighted by Gasteiger charge is 2.43. The van der Waals surface area contributed by atoms with Gasteiger partial charge in [-0.2, -0.15) is 5.10 Å². The van der Waals surface area contributed by atoms with Crippen LogP contribution in [0.1, 0.15) is 23.7 Å². The Morgan fingerprint density at radius 2 is 2.00 bits per heavy atom. The lowest BCUT2D eigenvalue weighted by molar-refractivity contribution is -0.119. The number of hydrogen-bond acceptors (Lipinski definition) is 4. The SMILES string of the molecule is O=C(Cc1ncn[nH]1)C1CC1c1ccc(-c2ccc(F)cc2)nc1. The smallest absolute Gasteiger partial charge is 0.144 e. The third-order valence-electron chi connectivity index (χ3n) is 4.37. The first-order valence-corrected chi connectivity index (χ1v) is 7.79. The Balaban J connectivity index is 1.43. The highest BCUT2D eigenvalue weighted by Crippen LogP contribution is 2.48. The van der Waals surface area contributed by atoms with Gasteiger partial charge in [-0.25, -0.2) is 9.37 Å². The Morgan fingerprint density at radius 3 is 2.67 bits per heavy atom. The number of aromatic amines is 1. The van der Waals surface area contributed by atoms with Gasteiger partial charge in [-0.1, -0.05) is 6.07 Å². The maximum absolute atomic E-state index is 13.0. The molecule has 120 valence electrons. The number of rotatable bonds is 5. The van der Waals surface area contributed by atoms with E-state index in [2.05, 4.69) is 20.2 Å². The van der Waals surface area contributed by atoms with Gasteiger partial charge < -0.3 is 0 Å². The van der Waals surface area contributed by atoms with E-state index in [1.807, 2.05) is 18.3 Å². The van der Waals surface area contributed by atoms with Crippen LogP contribution in [0.5, 0.6) is 0 Å². The summed E-state index contributed by atoms with van der Waals surface area (Å²) in [6.45, 7) is 0. The van der Waals surface area contributed by atoms with Crippen LogP contribution in [0, 0.1) is 11.7 Å². The van der Waals surface area contributed by atoms with Gasteiger partial charge in [0, 0.05) is 17.7 Å². The molecule has 24 heavy (non-hydrogen) atoms. The fourth-order valence-electron chi connectivity index (χ4n) is 2.95. The second-order valence-corrected chi connectivity index (χ2v) is 6.01. The van der Waals surface area contributed by atoms with E-state index in [-0.39, 0.29) is 23.4 Å². The van der Waals surface area contributed by atoms with E-state index < -0.39 is 0 Å². The van der Waals surface area contributed by atoms with Crippen molar-refractivity contribution in [2.45, 2.75) is 18.8 Å². The molecule has 1 N–H and O–H groups in total. The zero-order valence-electron chi connectivity index (χ0n) is 12.8. The molecule has 1 aliphatic rings. The van der Waals surface area contributed by atoms with Crippen LogP contribution in [0.3, 0.4) is 0 Å². The number of nitrogens with one attached hydrogen (secondary N) is 1. The van der Waals surface area contributed by atoms with Crippen molar-refractivity contribution in [1.82, 2.24) is 20.2 Å². The highest BCUT2D eigenvalue weighted by molar-refractivity contribution is 5.86. The number of hydrogen-bond donors (Lipinski definition) is 1. The maximum Gasteiger partial charge on any atom is 0.144 e. The summed E-state index contributed by atoms with van der Waals surface area (Å²) in [6, 6.07) is 10.2. The average molecular weight is 322 g/mol. The number of benzene rings is 1. The lowest BCUT2D eigenvalue weighted by atomic mass is 10.1. The van der Waals surface area contributed by atoms with Gasteiger partial charge in [-0.05, 0) is 48.2 Å². The molecule has 1 saturated carbocycles. The van der Waals surface area contributed by atoms with E-state index in [1.54, 1.807) is 12.1 Å².